The van der Waals surface area contributed by atoms with E-state index in [1.807, 2.05) is 40.9 Å². The molecule has 2 aliphatic carbocycles. The monoisotopic (exact) mass is 859 g/mol. The SMILES string of the molecule is C/C=C(/C=C/C1=C(C)CCCC1(C)C)CCC(/C=C/C1=C(C)CCCC1(C)C)=C\C=C\C(C)=C\C(=O)OCCCN(C)CCOCCOCCN(C)CCCOC(=O)C=C(C)C. The first kappa shape index (κ1) is 54.6. The number of esters is 2. The van der Waals surface area contributed by atoms with E-state index < -0.39 is 0 Å². The highest BCUT2D eigenvalue weighted by atomic mass is 16.5. The van der Waals surface area contributed by atoms with Gasteiger partial charge >= 0.3 is 11.9 Å². The van der Waals surface area contributed by atoms with Gasteiger partial charge in [0.15, 0.2) is 0 Å². The Morgan fingerprint density at radius 2 is 1.10 bits per heavy atom. The van der Waals surface area contributed by atoms with E-state index in [-0.39, 0.29) is 22.8 Å². The van der Waals surface area contributed by atoms with Gasteiger partial charge in [-0.3, -0.25) is 0 Å². The van der Waals surface area contributed by atoms with Gasteiger partial charge in [-0.2, -0.15) is 0 Å². The molecule has 0 fully saturated rings. The van der Waals surface area contributed by atoms with Crippen molar-refractivity contribution in [1.82, 2.24) is 9.80 Å². The molecule has 0 amide bonds. The van der Waals surface area contributed by atoms with Crippen molar-refractivity contribution in [2.24, 2.45) is 10.8 Å². The van der Waals surface area contributed by atoms with Crippen molar-refractivity contribution >= 4 is 11.9 Å². The van der Waals surface area contributed by atoms with Crippen LogP contribution in [0.3, 0.4) is 0 Å². The van der Waals surface area contributed by atoms with Crippen molar-refractivity contribution in [3.05, 3.63) is 105 Å². The number of hydrogen-bond donors (Lipinski definition) is 0. The normalized spacial score (nSPS) is 17.7. The van der Waals surface area contributed by atoms with E-state index >= 15 is 0 Å². The van der Waals surface area contributed by atoms with Crippen molar-refractivity contribution in [1.29, 1.82) is 0 Å². The second kappa shape index (κ2) is 29.7. The minimum atomic E-state index is -0.313. The minimum Gasteiger partial charge on any atom is -0.462 e. The lowest BCUT2D eigenvalue weighted by Crippen LogP contribution is -2.27. The molecule has 0 unspecified atom stereocenters. The Kier molecular flexibility index (Phi) is 26.2. The third-order valence-corrected chi connectivity index (χ3v) is 12.0. The lowest BCUT2D eigenvalue weighted by atomic mass is 9.72. The maximum atomic E-state index is 12.6. The fourth-order valence-electron chi connectivity index (χ4n) is 8.11. The first-order valence-corrected chi connectivity index (χ1v) is 23.4. The minimum absolute atomic E-state index is 0.183. The second-order valence-corrected chi connectivity index (χ2v) is 19.0. The number of carbonyl (C=O) groups is 2. The summed E-state index contributed by atoms with van der Waals surface area (Å²) in [4.78, 5) is 28.5. The molecule has 2 aliphatic rings. The molecule has 62 heavy (non-hydrogen) atoms. The van der Waals surface area contributed by atoms with E-state index in [1.54, 1.807) is 6.08 Å². The number of carbonyl (C=O) groups excluding carboxylic acids is 2. The number of allylic oxidation sites excluding steroid dienone is 16. The van der Waals surface area contributed by atoms with Crippen LogP contribution in [0.2, 0.25) is 0 Å². The first-order chi connectivity index (χ1) is 29.4. The maximum Gasteiger partial charge on any atom is 0.331 e. The van der Waals surface area contributed by atoms with Crippen LogP contribution in [0.4, 0.5) is 0 Å². The lowest BCUT2D eigenvalue weighted by molar-refractivity contribution is -0.138. The number of hydrogen-bond acceptors (Lipinski definition) is 8. The summed E-state index contributed by atoms with van der Waals surface area (Å²) in [5, 5.41) is 0. The first-order valence-electron chi connectivity index (χ1n) is 23.4. The molecule has 0 aliphatic heterocycles. The fraction of sp³-hybridized carbons (Fsp3) is 0.630. The molecule has 0 heterocycles. The van der Waals surface area contributed by atoms with Crippen molar-refractivity contribution in [3.8, 4) is 0 Å². The van der Waals surface area contributed by atoms with Gasteiger partial charge in [-0.05, 0) is 153 Å². The Balaban J connectivity index is 1.78. The molecular formula is C54H86N2O6. The molecule has 0 spiro atoms. The van der Waals surface area contributed by atoms with Crippen LogP contribution in [0, 0.1) is 10.8 Å². The largest absolute Gasteiger partial charge is 0.462 e. The van der Waals surface area contributed by atoms with Crippen LogP contribution in [-0.4, -0.2) is 102 Å². The highest BCUT2D eigenvalue weighted by Crippen LogP contribution is 2.42. The Hall–Kier alpha value is -3.56. The molecule has 0 aromatic heterocycles. The zero-order valence-corrected chi connectivity index (χ0v) is 41.3. The van der Waals surface area contributed by atoms with Crippen LogP contribution in [-0.2, 0) is 28.5 Å². The zero-order valence-electron chi connectivity index (χ0n) is 41.3. The molecule has 8 nitrogen and oxygen atoms in total. The van der Waals surface area contributed by atoms with Crippen LogP contribution in [0.25, 0.3) is 0 Å². The third-order valence-electron chi connectivity index (χ3n) is 12.0. The molecule has 0 aromatic carbocycles. The summed E-state index contributed by atoms with van der Waals surface area (Å²) >= 11 is 0. The fourth-order valence-corrected chi connectivity index (χ4v) is 8.11. The van der Waals surface area contributed by atoms with Gasteiger partial charge in [0.05, 0.1) is 39.6 Å². The van der Waals surface area contributed by atoms with Crippen molar-refractivity contribution in [3.63, 3.8) is 0 Å². The Bertz CT molecular complexity index is 1680. The average molecular weight is 859 g/mol. The quantitative estimate of drug-likeness (QED) is 0.0333. The summed E-state index contributed by atoms with van der Waals surface area (Å²) in [7, 11) is 4.08. The molecule has 0 aromatic rings. The standard InChI is InChI=1S/C54H86N2O6/c1-13-47(25-27-49-45(5)20-15-29-53(49,7)8)23-24-48(26-28-50-46(6)21-16-30-54(50,9)10)22-14-19-44(4)42-52(58)62-36-18-32-56(12)34-38-60-40-39-59-37-33-55(11)31-17-35-61-51(57)41-43(2)3/h13-14,19,22,25-28,41-42H,15-18,20-21,23-24,29-40H2,1-12H3/b19-14+,27-25+,28-26+,44-42+,47-13+,48-22+. The molecule has 0 saturated heterocycles. The van der Waals surface area contributed by atoms with E-state index in [2.05, 4.69) is 101 Å². The van der Waals surface area contributed by atoms with Gasteiger partial charge in [-0.15, -0.1) is 0 Å². The molecule has 2 rings (SSSR count). The summed E-state index contributed by atoms with van der Waals surface area (Å²) < 4.78 is 22.2. The van der Waals surface area contributed by atoms with Gasteiger partial charge in [-0.1, -0.05) is 98.6 Å². The van der Waals surface area contributed by atoms with Crippen LogP contribution in [0.1, 0.15) is 133 Å². The smallest absolute Gasteiger partial charge is 0.331 e. The Morgan fingerprint density at radius 1 is 0.629 bits per heavy atom. The molecule has 8 heteroatoms. The van der Waals surface area contributed by atoms with Gasteiger partial charge in [0.1, 0.15) is 0 Å². The van der Waals surface area contributed by atoms with E-state index in [0.29, 0.717) is 39.6 Å². The van der Waals surface area contributed by atoms with Crippen LogP contribution >= 0.6 is 0 Å². The summed E-state index contributed by atoms with van der Waals surface area (Å²) in [5.74, 6) is -0.591. The Morgan fingerprint density at radius 3 is 1.56 bits per heavy atom. The summed E-state index contributed by atoms with van der Waals surface area (Å²) in [6.07, 6.45) is 31.8. The van der Waals surface area contributed by atoms with Gasteiger partial charge < -0.3 is 28.7 Å². The number of ether oxygens (including phenoxy) is 4. The maximum absolute atomic E-state index is 12.6. The lowest BCUT2D eigenvalue weighted by Gasteiger charge is -2.33. The van der Waals surface area contributed by atoms with Gasteiger partial charge in [0, 0.05) is 38.3 Å². The number of likely N-dealkylation sites (N-methyl/N-ethyl adjacent to an activating group) is 2. The van der Waals surface area contributed by atoms with Crippen molar-refractivity contribution < 1.29 is 28.5 Å². The molecule has 0 radical (unpaired) electrons. The molecule has 0 atom stereocenters. The topological polar surface area (TPSA) is 77.5 Å². The third kappa shape index (κ3) is 23.2. The summed E-state index contributed by atoms with van der Waals surface area (Å²) in [6.45, 7) is 28.3. The highest BCUT2D eigenvalue weighted by molar-refractivity contribution is 5.83. The van der Waals surface area contributed by atoms with Crippen LogP contribution in [0.15, 0.2) is 105 Å². The predicted octanol–water partition coefficient (Wildman–Crippen LogP) is 12.0. The van der Waals surface area contributed by atoms with E-state index in [9.17, 15) is 9.59 Å². The Labute approximate surface area is 378 Å². The highest BCUT2D eigenvalue weighted by Gasteiger charge is 2.27. The van der Waals surface area contributed by atoms with Crippen LogP contribution < -0.4 is 0 Å². The van der Waals surface area contributed by atoms with Gasteiger partial charge in [0.25, 0.3) is 0 Å². The number of rotatable bonds is 28. The predicted molar refractivity (Wildman–Crippen MR) is 260 cm³/mol. The molecule has 348 valence electrons. The van der Waals surface area contributed by atoms with Gasteiger partial charge in [-0.25, -0.2) is 9.59 Å². The van der Waals surface area contributed by atoms with Crippen LogP contribution in [0.5, 0.6) is 0 Å². The number of nitrogens with zero attached hydrogens (tertiary/aromatic N) is 2. The summed E-state index contributed by atoms with van der Waals surface area (Å²) in [6, 6.07) is 0. The van der Waals surface area contributed by atoms with E-state index in [0.717, 1.165) is 63.0 Å². The molecular weight excluding hydrogens is 773 g/mol. The molecule has 0 bridgehead atoms. The average Bonchev–Trinajstić information content (AvgIpc) is 3.18. The zero-order chi connectivity index (χ0) is 46.0. The van der Waals surface area contributed by atoms with E-state index in [4.69, 9.17) is 18.9 Å². The molecule has 0 N–H and O–H groups in total. The van der Waals surface area contributed by atoms with Gasteiger partial charge in [0.2, 0.25) is 0 Å². The van der Waals surface area contributed by atoms with Crippen molar-refractivity contribution in [2.45, 2.75) is 133 Å². The molecule has 0 saturated carbocycles. The van der Waals surface area contributed by atoms with Crippen molar-refractivity contribution in [2.75, 3.05) is 79.9 Å². The second-order valence-electron chi connectivity index (χ2n) is 19.0. The van der Waals surface area contributed by atoms with E-state index in [1.165, 1.54) is 78.0 Å². The summed E-state index contributed by atoms with van der Waals surface area (Å²) in [5.41, 5.74) is 10.8.